The number of hydrogen-bond acceptors (Lipinski definition) is 3. The van der Waals surface area contributed by atoms with Gasteiger partial charge in [0.1, 0.15) is 11.6 Å². The molecule has 138 valence electrons. The fourth-order valence-corrected chi connectivity index (χ4v) is 3.27. The van der Waals surface area contributed by atoms with Gasteiger partial charge < -0.3 is 5.32 Å². The molecule has 1 aliphatic rings. The molecule has 1 fully saturated rings. The van der Waals surface area contributed by atoms with E-state index in [4.69, 9.17) is 0 Å². The first-order chi connectivity index (χ1) is 13.0. The van der Waals surface area contributed by atoms with E-state index in [2.05, 4.69) is 15.5 Å². The number of aromatic amines is 1. The number of nitrogens with zero attached hydrogens (tertiary/aromatic N) is 2. The van der Waals surface area contributed by atoms with E-state index >= 15 is 0 Å². The summed E-state index contributed by atoms with van der Waals surface area (Å²) in [5.74, 6) is -1.98. The Bertz CT molecular complexity index is 1030. The molecule has 4 rings (SSSR count). The van der Waals surface area contributed by atoms with Crippen LogP contribution in [0.2, 0.25) is 0 Å². The molecule has 3 aromatic rings. The molecule has 6 nitrogen and oxygen atoms in total. The molecular weight excluding hydrogens is 354 g/mol. The first-order valence-corrected chi connectivity index (χ1v) is 8.48. The highest BCUT2D eigenvalue weighted by Gasteiger charge is 2.37. The van der Waals surface area contributed by atoms with Gasteiger partial charge in [-0.1, -0.05) is 24.3 Å². The fraction of sp³-hybridized carbons (Fsp3) is 0.211. The minimum Gasteiger partial charge on any atom is -0.352 e. The van der Waals surface area contributed by atoms with Crippen LogP contribution in [0, 0.1) is 17.6 Å². The Hall–Kier alpha value is -3.29. The smallest absolute Gasteiger partial charge is 0.229 e. The van der Waals surface area contributed by atoms with Crippen LogP contribution < -0.4 is 10.2 Å². The van der Waals surface area contributed by atoms with Crippen LogP contribution in [-0.4, -0.2) is 28.6 Å². The quantitative estimate of drug-likeness (QED) is 0.741. The molecule has 2 N–H and O–H groups in total. The normalized spacial score (nSPS) is 16.9. The van der Waals surface area contributed by atoms with Crippen LogP contribution in [0.5, 0.6) is 0 Å². The van der Waals surface area contributed by atoms with Crippen LogP contribution in [-0.2, 0) is 16.1 Å². The van der Waals surface area contributed by atoms with E-state index in [1.54, 1.807) is 30.3 Å². The number of fused-ring (bicyclic) bond motifs is 1. The molecule has 0 bridgehead atoms. The highest BCUT2D eigenvalue weighted by molar-refractivity contribution is 6.05. The molecule has 2 amide bonds. The minimum absolute atomic E-state index is 0.00802. The zero-order valence-electron chi connectivity index (χ0n) is 14.2. The van der Waals surface area contributed by atoms with Crippen LogP contribution in [0.25, 0.3) is 10.9 Å². The lowest BCUT2D eigenvalue weighted by Gasteiger charge is -2.14. The molecule has 2 heterocycles. The third kappa shape index (κ3) is 3.14. The lowest BCUT2D eigenvalue weighted by molar-refractivity contribution is -0.126. The molecule has 1 atom stereocenters. The third-order valence-electron chi connectivity index (χ3n) is 4.68. The van der Waals surface area contributed by atoms with Gasteiger partial charge in [-0.3, -0.25) is 19.6 Å². The van der Waals surface area contributed by atoms with E-state index in [0.29, 0.717) is 11.1 Å². The van der Waals surface area contributed by atoms with Gasteiger partial charge in [0.2, 0.25) is 11.8 Å². The fourth-order valence-electron chi connectivity index (χ4n) is 3.27. The van der Waals surface area contributed by atoms with Gasteiger partial charge in [-0.25, -0.2) is 8.78 Å². The second-order valence-electron chi connectivity index (χ2n) is 6.42. The maximum atomic E-state index is 14.1. The first kappa shape index (κ1) is 17.1. The van der Waals surface area contributed by atoms with Crippen LogP contribution >= 0.6 is 0 Å². The summed E-state index contributed by atoms with van der Waals surface area (Å²) in [6, 6.07) is 10.7. The molecule has 1 aliphatic heterocycles. The summed E-state index contributed by atoms with van der Waals surface area (Å²) < 4.78 is 27.8. The largest absolute Gasteiger partial charge is 0.352 e. The van der Waals surface area contributed by atoms with Crippen molar-refractivity contribution in [3.63, 3.8) is 0 Å². The zero-order valence-corrected chi connectivity index (χ0v) is 14.2. The van der Waals surface area contributed by atoms with Crippen LogP contribution in [0.3, 0.4) is 0 Å². The molecule has 27 heavy (non-hydrogen) atoms. The van der Waals surface area contributed by atoms with Crippen molar-refractivity contribution >= 4 is 28.5 Å². The summed E-state index contributed by atoms with van der Waals surface area (Å²) in [6.45, 7) is 0.131. The van der Waals surface area contributed by atoms with Gasteiger partial charge in [0.15, 0.2) is 5.82 Å². The van der Waals surface area contributed by atoms with E-state index in [1.165, 1.54) is 17.0 Å². The standard InChI is InChI=1S/C19H16F2N4O2/c20-13-5-2-1-4-11(13)9-22-19(27)12-8-16(26)25(10-12)18-17-14(21)6-3-7-15(17)23-24-18/h1-7,12H,8-10H2,(H,22,27)(H,23,24)/t12-/m0/s1. The zero-order chi connectivity index (χ0) is 19.0. The Morgan fingerprint density at radius 2 is 1.96 bits per heavy atom. The Kier molecular flexibility index (Phi) is 4.31. The van der Waals surface area contributed by atoms with Crippen molar-refractivity contribution in [1.82, 2.24) is 15.5 Å². The van der Waals surface area contributed by atoms with E-state index in [9.17, 15) is 18.4 Å². The van der Waals surface area contributed by atoms with Crippen molar-refractivity contribution in [2.45, 2.75) is 13.0 Å². The van der Waals surface area contributed by atoms with Crippen LogP contribution in [0.15, 0.2) is 42.5 Å². The Labute approximate surface area is 153 Å². The summed E-state index contributed by atoms with van der Waals surface area (Å²) in [7, 11) is 0. The Morgan fingerprint density at radius 3 is 2.78 bits per heavy atom. The van der Waals surface area contributed by atoms with Crippen molar-refractivity contribution in [2.24, 2.45) is 5.92 Å². The second kappa shape index (κ2) is 6.79. The third-order valence-corrected chi connectivity index (χ3v) is 4.68. The number of aromatic nitrogens is 2. The van der Waals surface area contributed by atoms with Crippen molar-refractivity contribution in [3.05, 3.63) is 59.7 Å². The van der Waals surface area contributed by atoms with Gasteiger partial charge in [-0.15, -0.1) is 0 Å². The molecule has 2 aromatic carbocycles. The highest BCUT2D eigenvalue weighted by Crippen LogP contribution is 2.31. The van der Waals surface area contributed by atoms with Crippen molar-refractivity contribution in [2.75, 3.05) is 11.4 Å². The van der Waals surface area contributed by atoms with Crippen LogP contribution in [0.4, 0.5) is 14.6 Å². The van der Waals surface area contributed by atoms with E-state index in [1.807, 2.05) is 0 Å². The molecule has 0 unspecified atom stereocenters. The van der Waals surface area contributed by atoms with E-state index in [0.717, 1.165) is 0 Å². The predicted molar refractivity (Wildman–Crippen MR) is 94.8 cm³/mol. The summed E-state index contributed by atoms with van der Waals surface area (Å²) in [6.07, 6.45) is -0.00802. The lowest BCUT2D eigenvalue weighted by Crippen LogP contribution is -2.33. The summed E-state index contributed by atoms with van der Waals surface area (Å²) in [5, 5.41) is 9.62. The molecule has 0 spiro atoms. The SMILES string of the molecule is O=C(NCc1ccccc1F)[C@H]1CC(=O)N(c2n[nH]c3cccc(F)c23)C1. The number of H-pyrrole nitrogens is 1. The lowest BCUT2D eigenvalue weighted by atomic mass is 10.1. The van der Waals surface area contributed by atoms with Crippen molar-refractivity contribution in [1.29, 1.82) is 0 Å². The number of hydrogen-bond donors (Lipinski definition) is 2. The first-order valence-electron chi connectivity index (χ1n) is 8.48. The summed E-state index contributed by atoms with van der Waals surface area (Å²) >= 11 is 0. The summed E-state index contributed by atoms with van der Waals surface area (Å²) in [4.78, 5) is 26.1. The number of amides is 2. The number of rotatable bonds is 4. The topological polar surface area (TPSA) is 78.1 Å². The monoisotopic (exact) mass is 370 g/mol. The summed E-state index contributed by atoms with van der Waals surface area (Å²) in [5.41, 5.74) is 0.845. The molecule has 1 saturated heterocycles. The maximum absolute atomic E-state index is 14.1. The second-order valence-corrected chi connectivity index (χ2v) is 6.42. The number of halogens is 2. The molecule has 0 radical (unpaired) electrons. The number of carbonyl (C=O) groups excluding carboxylic acids is 2. The molecular formula is C19H16F2N4O2. The average molecular weight is 370 g/mol. The van der Waals surface area contributed by atoms with Gasteiger partial charge in [-0.2, -0.15) is 5.10 Å². The van der Waals surface area contributed by atoms with Gasteiger partial charge >= 0.3 is 0 Å². The number of carbonyl (C=O) groups is 2. The average Bonchev–Trinajstić information content (AvgIpc) is 3.25. The Morgan fingerprint density at radius 1 is 1.19 bits per heavy atom. The molecule has 8 heteroatoms. The number of anilines is 1. The maximum Gasteiger partial charge on any atom is 0.229 e. The van der Waals surface area contributed by atoms with E-state index < -0.39 is 17.6 Å². The molecule has 0 aliphatic carbocycles. The van der Waals surface area contributed by atoms with Crippen molar-refractivity contribution < 1.29 is 18.4 Å². The Balaban J connectivity index is 1.49. The van der Waals surface area contributed by atoms with Gasteiger partial charge in [0, 0.05) is 25.1 Å². The van der Waals surface area contributed by atoms with Gasteiger partial charge in [-0.05, 0) is 18.2 Å². The number of nitrogens with one attached hydrogen (secondary N) is 2. The van der Waals surface area contributed by atoms with E-state index in [-0.39, 0.29) is 42.5 Å². The number of benzene rings is 2. The van der Waals surface area contributed by atoms with Gasteiger partial charge in [0.25, 0.3) is 0 Å². The molecule has 1 aromatic heterocycles. The molecule has 0 saturated carbocycles. The van der Waals surface area contributed by atoms with Gasteiger partial charge in [0.05, 0.1) is 16.8 Å². The highest BCUT2D eigenvalue weighted by atomic mass is 19.1. The minimum atomic E-state index is -0.609. The van der Waals surface area contributed by atoms with Crippen molar-refractivity contribution in [3.8, 4) is 0 Å². The predicted octanol–water partition coefficient (Wildman–Crippen LogP) is 2.51. The van der Waals surface area contributed by atoms with Crippen LogP contribution in [0.1, 0.15) is 12.0 Å².